The molecule has 0 bridgehead atoms. The Bertz CT molecular complexity index is 754. The number of hydrogen-bond acceptors (Lipinski definition) is 3. The van der Waals surface area contributed by atoms with Gasteiger partial charge in [0, 0.05) is 15.7 Å². The quantitative estimate of drug-likeness (QED) is 0.876. The lowest BCUT2D eigenvalue weighted by molar-refractivity contribution is -0.120. The Morgan fingerprint density at radius 3 is 2.39 bits per heavy atom. The van der Waals surface area contributed by atoms with E-state index in [4.69, 9.17) is 32.7 Å². The number of rotatable bonds is 3. The number of benzene rings is 2. The predicted octanol–water partition coefficient (Wildman–Crippen LogP) is 4.64. The highest BCUT2D eigenvalue weighted by Crippen LogP contribution is 2.37. The molecule has 0 saturated heterocycles. The van der Waals surface area contributed by atoms with E-state index in [-0.39, 0.29) is 12.7 Å². The van der Waals surface area contributed by atoms with E-state index in [0.717, 1.165) is 5.56 Å². The monoisotopic (exact) mass is 351 g/mol. The Morgan fingerprint density at radius 1 is 1.04 bits per heavy atom. The first-order valence-electron chi connectivity index (χ1n) is 7.04. The summed E-state index contributed by atoms with van der Waals surface area (Å²) >= 11 is 11.9. The van der Waals surface area contributed by atoms with Crippen LogP contribution >= 0.6 is 23.2 Å². The normalized spacial score (nSPS) is 13.0. The highest BCUT2D eigenvalue weighted by Gasteiger charge is 2.31. The van der Waals surface area contributed by atoms with Crippen molar-refractivity contribution < 1.29 is 14.3 Å². The predicted molar refractivity (Wildman–Crippen MR) is 90.7 cm³/mol. The molecular formula is C17H15Cl2NO3. The summed E-state index contributed by atoms with van der Waals surface area (Å²) in [5, 5.41) is 3.78. The molecule has 1 amide bonds. The van der Waals surface area contributed by atoms with E-state index in [1.54, 1.807) is 18.2 Å². The van der Waals surface area contributed by atoms with Crippen molar-refractivity contribution in [3.05, 3.63) is 52.0 Å². The van der Waals surface area contributed by atoms with Gasteiger partial charge in [-0.1, -0.05) is 29.3 Å². The van der Waals surface area contributed by atoms with Crippen LogP contribution in [0.15, 0.2) is 36.4 Å². The van der Waals surface area contributed by atoms with Crippen molar-refractivity contribution in [3.63, 3.8) is 0 Å². The Morgan fingerprint density at radius 2 is 1.70 bits per heavy atom. The van der Waals surface area contributed by atoms with E-state index in [0.29, 0.717) is 27.2 Å². The van der Waals surface area contributed by atoms with Gasteiger partial charge >= 0.3 is 0 Å². The van der Waals surface area contributed by atoms with Crippen LogP contribution in [0.25, 0.3) is 0 Å². The van der Waals surface area contributed by atoms with Gasteiger partial charge in [0.25, 0.3) is 0 Å². The lowest BCUT2D eigenvalue weighted by atomic mass is 9.83. The minimum absolute atomic E-state index is 0.172. The molecule has 1 aliphatic heterocycles. The van der Waals surface area contributed by atoms with Gasteiger partial charge in [-0.2, -0.15) is 0 Å². The van der Waals surface area contributed by atoms with Gasteiger partial charge in [0.15, 0.2) is 11.5 Å². The zero-order valence-corrected chi connectivity index (χ0v) is 14.2. The molecule has 0 saturated carbocycles. The summed E-state index contributed by atoms with van der Waals surface area (Å²) in [6.45, 7) is 3.88. The SMILES string of the molecule is CC(C)(C(=O)Nc1cc(Cl)cc(Cl)c1)c1ccc2c(c1)OCO2. The summed E-state index contributed by atoms with van der Waals surface area (Å²) in [4.78, 5) is 12.7. The first-order valence-corrected chi connectivity index (χ1v) is 7.79. The van der Waals surface area contributed by atoms with E-state index < -0.39 is 5.41 Å². The molecule has 1 heterocycles. The van der Waals surface area contributed by atoms with Crippen molar-refractivity contribution >= 4 is 34.8 Å². The van der Waals surface area contributed by atoms with Crippen molar-refractivity contribution in [1.82, 2.24) is 0 Å². The van der Waals surface area contributed by atoms with Gasteiger partial charge < -0.3 is 14.8 Å². The van der Waals surface area contributed by atoms with Gasteiger partial charge in [0.05, 0.1) is 5.41 Å². The lowest BCUT2D eigenvalue weighted by Crippen LogP contribution is -2.34. The van der Waals surface area contributed by atoms with E-state index in [2.05, 4.69) is 5.32 Å². The second-order valence-corrected chi connectivity index (χ2v) is 6.68. The van der Waals surface area contributed by atoms with Crippen LogP contribution in [0.5, 0.6) is 11.5 Å². The molecule has 2 aromatic carbocycles. The Balaban J connectivity index is 1.85. The molecule has 4 nitrogen and oxygen atoms in total. The van der Waals surface area contributed by atoms with Crippen LogP contribution < -0.4 is 14.8 Å². The topological polar surface area (TPSA) is 47.6 Å². The molecule has 3 rings (SSSR count). The van der Waals surface area contributed by atoms with Gasteiger partial charge in [0.2, 0.25) is 12.7 Å². The molecule has 6 heteroatoms. The molecule has 23 heavy (non-hydrogen) atoms. The number of nitrogens with one attached hydrogen (secondary N) is 1. The van der Waals surface area contributed by atoms with Crippen LogP contribution in [0.3, 0.4) is 0 Å². The minimum atomic E-state index is -0.768. The average molecular weight is 352 g/mol. The van der Waals surface area contributed by atoms with Gasteiger partial charge in [-0.15, -0.1) is 0 Å². The Hall–Kier alpha value is -1.91. The van der Waals surface area contributed by atoms with Gasteiger partial charge in [-0.25, -0.2) is 0 Å². The molecule has 2 aromatic rings. The number of halogens is 2. The number of anilines is 1. The molecule has 0 aromatic heterocycles. The highest BCUT2D eigenvalue weighted by molar-refractivity contribution is 6.35. The van der Waals surface area contributed by atoms with Crippen molar-refractivity contribution in [2.24, 2.45) is 0 Å². The summed E-state index contributed by atoms with van der Waals surface area (Å²) in [5.41, 5.74) is 0.615. The molecule has 0 unspecified atom stereocenters. The van der Waals surface area contributed by atoms with E-state index in [1.165, 1.54) is 0 Å². The van der Waals surface area contributed by atoms with Gasteiger partial charge in [-0.05, 0) is 49.7 Å². The third-order valence-corrected chi connectivity index (χ3v) is 4.22. The maximum Gasteiger partial charge on any atom is 0.234 e. The number of fused-ring (bicyclic) bond motifs is 1. The van der Waals surface area contributed by atoms with Crippen LogP contribution in [-0.2, 0) is 10.2 Å². The maximum atomic E-state index is 12.7. The molecule has 0 atom stereocenters. The van der Waals surface area contributed by atoms with Crippen LogP contribution in [0.4, 0.5) is 5.69 Å². The molecule has 1 aliphatic rings. The summed E-state index contributed by atoms with van der Waals surface area (Å²) in [6, 6.07) is 10.4. The lowest BCUT2D eigenvalue weighted by Gasteiger charge is -2.24. The van der Waals surface area contributed by atoms with Crippen LogP contribution in [0, 0.1) is 0 Å². The molecule has 0 aliphatic carbocycles. The molecule has 0 spiro atoms. The number of carbonyl (C=O) groups is 1. The third-order valence-electron chi connectivity index (χ3n) is 3.78. The Labute approximate surface area is 144 Å². The summed E-state index contributed by atoms with van der Waals surface area (Å²) in [6.07, 6.45) is 0. The minimum Gasteiger partial charge on any atom is -0.454 e. The maximum absolute atomic E-state index is 12.7. The smallest absolute Gasteiger partial charge is 0.234 e. The Kier molecular flexibility index (Phi) is 4.13. The average Bonchev–Trinajstić information content (AvgIpc) is 2.93. The summed E-state index contributed by atoms with van der Waals surface area (Å²) in [5.74, 6) is 1.16. The zero-order valence-electron chi connectivity index (χ0n) is 12.7. The first-order chi connectivity index (χ1) is 10.9. The van der Waals surface area contributed by atoms with Crippen molar-refractivity contribution in [2.45, 2.75) is 19.3 Å². The van der Waals surface area contributed by atoms with Crippen LogP contribution in [-0.4, -0.2) is 12.7 Å². The number of hydrogen-bond donors (Lipinski definition) is 1. The van der Waals surface area contributed by atoms with Gasteiger partial charge in [-0.3, -0.25) is 4.79 Å². The van der Waals surface area contributed by atoms with E-state index in [9.17, 15) is 4.79 Å². The second-order valence-electron chi connectivity index (χ2n) is 5.81. The summed E-state index contributed by atoms with van der Waals surface area (Å²) < 4.78 is 10.7. The van der Waals surface area contributed by atoms with Crippen LogP contribution in [0.2, 0.25) is 10.0 Å². The van der Waals surface area contributed by atoms with Crippen molar-refractivity contribution in [3.8, 4) is 11.5 Å². The van der Waals surface area contributed by atoms with E-state index >= 15 is 0 Å². The molecule has 0 radical (unpaired) electrons. The highest BCUT2D eigenvalue weighted by atomic mass is 35.5. The molecule has 1 N–H and O–H groups in total. The van der Waals surface area contributed by atoms with Crippen molar-refractivity contribution in [2.75, 3.05) is 12.1 Å². The molecule has 0 fully saturated rings. The fraction of sp³-hybridized carbons (Fsp3) is 0.235. The fourth-order valence-electron chi connectivity index (χ4n) is 2.33. The summed E-state index contributed by atoms with van der Waals surface area (Å²) in [7, 11) is 0. The van der Waals surface area contributed by atoms with Crippen LogP contribution in [0.1, 0.15) is 19.4 Å². The molecule has 120 valence electrons. The van der Waals surface area contributed by atoms with Gasteiger partial charge in [0.1, 0.15) is 0 Å². The van der Waals surface area contributed by atoms with Crippen molar-refractivity contribution in [1.29, 1.82) is 0 Å². The molecular weight excluding hydrogens is 337 g/mol. The standard InChI is InChI=1S/C17H15Cl2NO3/c1-17(2,10-3-4-14-15(5-10)23-9-22-14)16(21)20-13-7-11(18)6-12(19)8-13/h3-8H,9H2,1-2H3,(H,20,21). The van der Waals surface area contributed by atoms with E-state index in [1.807, 2.05) is 32.0 Å². The number of carbonyl (C=O) groups excluding carboxylic acids is 1. The number of amides is 1. The first kappa shape index (κ1) is 16.0. The second kappa shape index (κ2) is 5.95. The largest absolute Gasteiger partial charge is 0.454 e. The third kappa shape index (κ3) is 3.23. The zero-order chi connectivity index (χ0) is 16.6. The number of ether oxygens (including phenoxy) is 2. The fourth-order valence-corrected chi connectivity index (χ4v) is 2.86.